The molecule has 0 bridgehead atoms. The van der Waals surface area contributed by atoms with Gasteiger partial charge in [-0.1, -0.05) is 0 Å². The zero-order chi connectivity index (χ0) is 14.3. The molecule has 1 amide bonds. The Balaban J connectivity index is 1.99. The standard InChI is InChI=1S/C16H21N3O/c1-10-4-3-5-11(2)19(10)16(20)14-9-18-15-8-12(17)6-7-13(14)15/h6-11,18H,3-5,17H2,1-2H3/t10-,11+. The minimum absolute atomic E-state index is 0.126. The number of nitrogens with zero attached hydrogens (tertiary/aromatic N) is 1. The number of rotatable bonds is 1. The highest BCUT2D eigenvalue weighted by molar-refractivity contribution is 6.07. The normalized spacial score (nSPS) is 23.2. The second-order valence-electron chi connectivity index (χ2n) is 5.85. The first kappa shape index (κ1) is 13.0. The summed E-state index contributed by atoms with van der Waals surface area (Å²) in [4.78, 5) is 18.0. The summed E-state index contributed by atoms with van der Waals surface area (Å²) in [6.07, 6.45) is 5.19. The van der Waals surface area contributed by atoms with E-state index >= 15 is 0 Å². The lowest BCUT2D eigenvalue weighted by molar-refractivity contribution is 0.0513. The van der Waals surface area contributed by atoms with Crippen molar-refractivity contribution < 1.29 is 4.79 Å². The van der Waals surface area contributed by atoms with Crippen molar-refractivity contribution in [3.8, 4) is 0 Å². The molecule has 0 radical (unpaired) electrons. The lowest BCUT2D eigenvalue weighted by Crippen LogP contribution is -2.47. The van der Waals surface area contributed by atoms with E-state index in [1.807, 2.05) is 23.1 Å². The lowest BCUT2D eigenvalue weighted by atomic mass is 9.96. The van der Waals surface area contributed by atoms with Gasteiger partial charge in [-0.25, -0.2) is 0 Å². The molecule has 0 saturated carbocycles. The quantitative estimate of drug-likeness (QED) is 0.783. The molecule has 106 valence electrons. The zero-order valence-corrected chi connectivity index (χ0v) is 12.0. The SMILES string of the molecule is C[C@@H]1CCC[C@H](C)N1C(=O)c1c[nH]c2cc(N)ccc12. The van der Waals surface area contributed by atoms with Crippen molar-refractivity contribution in [1.82, 2.24) is 9.88 Å². The number of nitrogens with one attached hydrogen (secondary N) is 1. The third-order valence-electron chi connectivity index (χ3n) is 4.36. The van der Waals surface area contributed by atoms with Crippen molar-refractivity contribution in [3.63, 3.8) is 0 Å². The first-order valence-corrected chi connectivity index (χ1v) is 7.27. The molecule has 2 atom stereocenters. The van der Waals surface area contributed by atoms with Crippen LogP contribution in [0, 0.1) is 0 Å². The van der Waals surface area contributed by atoms with E-state index in [4.69, 9.17) is 5.73 Å². The smallest absolute Gasteiger partial charge is 0.256 e. The summed E-state index contributed by atoms with van der Waals surface area (Å²) in [5.74, 6) is 0.126. The van der Waals surface area contributed by atoms with Gasteiger partial charge < -0.3 is 15.6 Å². The molecule has 4 nitrogen and oxygen atoms in total. The minimum Gasteiger partial charge on any atom is -0.399 e. The summed E-state index contributed by atoms with van der Waals surface area (Å²) < 4.78 is 0. The van der Waals surface area contributed by atoms with Gasteiger partial charge in [-0.3, -0.25) is 4.79 Å². The van der Waals surface area contributed by atoms with E-state index in [2.05, 4.69) is 18.8 Å². The van der Waals surface area contributed by atoms with Gasteiger partial charge in [0.2, 0.25) is 0 Å². The van der Waals surface area contributed by atoms with Crippen LogP contribution in [0.3, 0.4) is 0 Å². The summed E-state index contributed by atoms with van der Waals surface area (Å²) >= 11 is 0. The number of piperidine rings is 1. The number of aromatic amines is 1. The molecule has 20 heavy (non-hydrogen) atoms. The number of likely N-dealkylation sites (tertiary alicyclic amines) is 1. The summed E-state index contributed by atoms with van der Waals surface area (Å²) in [6, 6.07) is 6.26. The van der Waals surface area contributed by atoms with Gasteiger partial charge in [0.15, 0.2) is 0 Å². The fourth-order valence-corrected chi connectivity index (χ4v) is 3.28. The van der Waals surface area contributed by atoms with Crippen molar-refractivity contribution in [2.45, 2.75) is 45.2 Å². The predicted molar refractivity (Wildman–Crippen MR) is 81.7 cm³/mol. The van der Waals surface area contributed by atoms with E-state index < -0.39 is 0 Å². The topological polar surface area (TPSA) is 62.1 Å². The number of carbonyl (C=O) groups is 1. The molecule has 0 unspecified atom stereocenters. The molecule has 2 aromatic rings. The van der Waals surface area contributed by atoms with Gasteiger partial charge in [-0.05, 0) is 51.3 Å². The third kappa shape index (κ3) is 2.05. The maximum atomic E-state index is 12.9. The van der Waals surface area contributed by atoms with Crippen molar-refractivity contribution in [2.24, 2.45) is 0 Å². The number of hydrogen-bond donors (Lipinski definition) is 2. The highest BCUT2D eigenvalue weighted by atomic mass is 16.2. The first-order chi connectivity index (χ1) is 9.58. The van der Waals surface area contributed by atoms with Gasteiger partial charge in [-0.15, -0.1) is 0 Å². The first-order valence-electron chi connectivity index (χ1n) is 7.27. The van der Waals surface area contributed by atoms with Crippen LogP contribution < -0.4 is 5.73 Å². The fraction of sp³-hybridized carbons (Fsp3) is 0.438. The molecule has 1 fully saturated rings. The molecule has 2 heterocycles. The molecular weight excluding hydrogens is 250 g/mol. The molecule has 0 aliphatic carbocycles. The van der Waals surface area contributed by atoms with E-state index in [1.165, 1.54) is 6.42 Å². The average molecular weight is 271 g/mol. The molecule has 3 rings (SSSR count). The van der Waals surface area contributed by atoms with E-state index in [0.717, 1.165) is 29.3 Å². The van der Waals surface area contributed by atoms with Gasteiger partial charge in [0, 0.05) is 34.9 Å². The van der Waals surface area contributed by atoms with Gasteiger partial charge in [0.25, 0.3) is 5.91 Å². The van der Waals surface area contributed by atoms with Crippen molar-refractivity contribution in [1.29, 1.82) is 0 Å². The maximum absolute atomic E-state index is 12.9. The summed E-state index contributed by atoms with van der Waals surface area (Å²) in [5, 5.41) is 0.953. The van der Waals surface area contributed by atoms with Crippen LogP contribution >= 0.6 is 0 Å². The fourth-order valence-electron chi connectivity index (χ4n) is 3.28. The molecule has 1 aromatic carbocycles. The Morgan fingerprint density at radius 1 is 1.30 bits per heavy atom. The highest BCUT2D eigenvalue weighted by Gasteiger charge is 2.30. The molecule has 1 aromatic heterocycles. The number of H-pyrrole nitrogens is 1. The van der Waals surface area contributed by atoms with Crippen LogP contribution in [0.25, 0.3) is 10.9 Å². The maximum Gasteiger partial charge on any atom is 0.256 e. The van der Waals surface area contributed by atoms with Crippen molar-refractivity contribution in [3.05, 3.63) is 30.0 Å². The van der Waals surface area contributed by atoms with Gasteiger partial charge in [-0.2, -0.15) is 0 Å². The third-order valence-corrected chi connectivity index (χ3v) is 4.36. The largest absolute Gasteiger partial charge is 0.399 e. The van der Waals surface area contributed by atoms with E-state index in [0.29, 0.717) is 17.8 Å². The molecular formula is C16H21N3O. The Hall–Kier alpha value is -1.97. The summed E-state index contributed by atoms with van der Waals surface area (Å²) in [5.41, 5.74) is 8.16. The predicted octanol–water partition coefficient (Wildman–Crippen LogP) is 3.15. The number of nitrogens with two attached hydrogens (primary N) is 1. The Kier molecular flexibility index (Phi) is 3.16. The monoisotopic (exact) mass is 271 g/mol. The van der Waals surface area contributed by atoms with Crippen LogP contribution in [-0.2, 0) is 0 Å². The molecule has 0 spiro atoms. The second kappa shape index (κ2) is 4.85. The van der Waals surface area contributed by atoms with Crippen molar-refractivity contribution in [2.75, 3.05) is 5.73 Å². The van der Waals surface area contributed by atoms with Gasteiger partial charge in [0.05, 0.1) is 5.56 Å². The number of nitrogen functional groups attached to an aromatic ring is 1. The number of amides is 1. The van der Waals surface area contributed by atoms with E-state index in [9.17, 15) is 4.79 Å². The lowest BCUT2D eigenvalue weighted by Gasteiger charge is -2.39. The number of hydrogen-bond acceptors (Lipinski definition) is 2. The molecule has 3 N–H and O–H groups in total. The number of anilines is 1. The van der Waals surface area contributed by atoms with Gasteiger partial charge in [0.1, 0.15) is 0 Å². The molecule has 4 heteroatoms. The zero-order valence-electron chi connectivity index (χ0n) is 12.0. The molecule has 1 aliphatic rings. The Labute approximate surface area is 118 Å². The highest BCUT2D eigenvalue weighted by Crippen LogP contribution is 2.28. The number of aromatic nitrogens is 1. The molecule has 1 saturated heterocycles. The van der Waals surface area contributed by atoms with Crippen LogP contribution in [0.4, 0.5) is 5.69 Å². The molecule has 1 aliphatic heterocycles. The summed E-state index contributed by atoms with van der Waals surface area (Å²) in [7, 11) is 0. The van der Waals surface area contributed by atoms with Crippen LogP contribution in [0.5, 0.6) is 0 Å². The Bertz CT molecular complexity index is 636. The van der Waals surface area contributed by atoms with Crippen LogP contribution in [-0.4, -0.2) is 27.9 Å². The van der Waals surface area contributed by atoms with E-state index in [-0.39, 0.29) is 5.91 Å². The van der Waals surface area contributed by atoms with E-state index in [1.54, 1.807) is 6.20 Å². The second-order valence-corrected chi connectivity index (χ2v) is 5.85. The average Bonchev–Trinajstić information content (AvgIpc) is 2.81. The van der Waals surface area contributed by atoms with Crippen LogP contribution in [0.1, 0.15) is 43.5 Å². The number of carbonyl (C=O) groups excluding carboxylic acids is 1. The van der Waals surface area contributed by atoms with Crippen molar-refractivity contribution >= 4 is 22.5 Å². The van der Waals surface area contributed by atoms with Crippen LogP contribution in [0.2, 0.25) is 0 Å². The summed E-state index contributed by atoms with van der Waals surface area (Å²) in [6.45, 7) is 4.28. The Morgan fingerprint density at radius 3 is 2.70 bits per heavy atom. The van der Waals surface area contributed by atoms with Gasteiger partial charge >= 0.3 is 0 Å². The van der Waals surface area contributed by atoms with Crippen LogP contribution in [0.15, 0.2) is 24.4 Å². The minimum atomic E-state index is 0.126. The number of benzene rings is 1. The number of fused-ring (bicyclic) bond motifs is 1. The Morgan fingerprint density at radius 2 is 2.00 bits per heavy atom.